The summed E-state index contributed by atoms with van der Waals surface area (Å²) in [5.41, 5.74) is 0. The lowest BCUT2D eigenvalue weighted by molar-refractivity contribution is -0.143. The summed E-state index contributed by atoms with van der Waals surface area (Å²) >= 11 is 0. The molecule has 62 valence electrons. The average Bonchev–Trinajstić information content (AvgIpc) is 1.90. The van der Waals surface area contributed by atoms with Crippen molar-refractivity contribution < 1.29 is 9.90 Å². The van der Waals surface area contributed by atoms with E-state index < -0.39 is 0 Å². The molecule has 2 atom stereocenters. The average molecular weight is 156 g/mol. The van der Waals surface area contributed by atoms with Gasteiger partial charge in [-0.1, -0.05) is 0 Å². The maximum Gasteiger partial charge on any atom is 0.239 e. The minimum absolute atomic E-state index is 0.0558. The summed E-state index contributed by atoms with van der Waals surface area (Å²) in [6.07, 6.45) is 0.987. The first-order valence-electron chi connectivity index (χ1n) is 3.97. The second-order valence-corrected chi connectivity index (χ2v) is 3.16. The van der Waals surface area contributed by atoms with Crippen LogP contribution in [0.25, 0.3) is 0 Å². The second-order valence-electron chi connectivity index (χ2n) is 3.16. The van der Waals surface area contributed by atoms with E-state index in [2.05, 4.69) is 5.32 Å². The third-order valence-corrected chi connectivity index (χ3v) is 2.38. The van der Waals surface area contributed by atoms with Crippen molar-refractivity contribution in [3.63, 3.8) is 0 Å². The fourth-order valence-electron chi connectivity index (χ4n) is 1.74. The van der Waals surface area contributed by atoms with Gasteiger partial charge in [0.05, 0.1) is 12.6 Å². The lowest BCUT2D eigenvalue weighted by atomic mass is 9.90. The lowest BCUT2D eigenvalue weighted by Crippen LogP contribution is -2.69. The molecule has 2 unspecified atom stereocenters. The molecular weight excluding hydrogens is 144 g/mol. The van der Waals surface area contributed by atoms with Crippen molar-refractivity contribution >= 4 is 5.91 Å². The molecule has 0 radical (unpaired) electrons. The highest BCUT2D eigenvalue weighted by Gasteiger charge is 2.42. The zero-order chi connectivity index (χ0) is 7.84. The topological polar surface area (TPSA) is 52.6 Å². The molecule has 3 saturated heterocycles. The molecule has 0 aromatic heterocycles. The number of piperidine rings is 1. The van der Waals surface area contributed by atoms with Crippen LogP contribution in [-0.2, 0) is 4.79 Å². The number of hydrogen-bond donors (Lipinski definition) is 2. The third kappa shape index (κ3) is 1.02. The minimum Gasteiger partial charge on any atom is -0.395 e. The molecule has 0 spiro atoms. The van der Waals surface area contributed by atoms with Crippen LogP contribution in [0.1, 0.15) is 6.42 Å². The highest BCUT2D eigenvalue weighted by atomic mass is 16.3. The third-order valence-electron chi connectivity index (χ3n) is 2.38. The van der Waals surface area contributed by atoms with Gasteiger partial charge in [-0.25, -0.2) is 0 Å². The summed E-state index contributed by atoms with van der Waals surface area (Å²) in [5, 5.41) is 11.8. The van der Waals surface area contributed by atoms with Crippen molar-refractivity contribution in [2.45, 2.75) is 18.5 Å². The Hall–Kier alpha value is -0.610. The van der Waals surface area contributed by atoms with Crippen LogP contribution in [0.2, 0.25) is 0 Å². The number of piperazine rings is 1. The maximum atomic E-state index is 11.3. The number of aliphatic hydroxyl groups is 1. The Morgan fingerprint density at radius 2 is 2.45 bits per heavy atom. The van der Waals surface area contributed by atoms with Crippen molar-refractivity contribution in [2.24, 2.45) is 0 Å². The van der Waals surface area contributed by atoms with Gasteiger partial charge in [0.2, 0.25) is 5.91 Å². The van der Waals surface area contributed by atoms with Gasteiger partial charge >= 0.3 is 0 Å². The number of rotatable bonds is 2. The van der Waals surface area contributed by atoms with Gasteiger partial charge in [-0.3, -0.25) is 4.79 Å². The van der Waals surface area contributed by atoms with Crippen LogP contribution in [-0.4, -0.2) is 47.7 Å². The molecular formula is C7H12N2O2. The Morgan fingerprint density at radius 3 is 3.00 bits per heavy atom. The van der Waals surface area contributed by atoms with E-state index in [1.165, 1.54) is 0 Å². The number of carbonyl (C=O) groups excluding carboxylic acids is 1. The molecule has 3 aliphatic heterocycles. The van der Waals surface area contributed by atoms with Crippen molar-refractivity contribution in [3.8, 4) is 0 Å². The quantitative estimate of drug-likeness (QED) is 0.514. The van der Waals surface area contributed by atoms with Crippen molar-refractivity contribution in [2.75, 3.05) is 19.7 Å². The van der Waals surface area contributed by atoms with Gasteiger partial charge < -0.3 is 15.3 Å². The molecule has 0 aromatic carbocycles. The largest absolute Gasteiger partial charge is 0.395 e. The Morgan fingerprint density at radius 1 is 1.73 bits per heavy atom. The number of fused-ring (bicyclic) bond motifs is 2. The zero-order valence-corrected chi connectivity index (χ0v) is 6.29. The van der Waals surface area contributed by atoms with E-state index in [4.69, 9.17) is 5.11 Å². The molecule has 0 saturated carbocycles. The van der Waals surface area contributed by atoms with Gasteiger partial charge in [-0.15, -0.1) is 0 Å². The van der Waals surface area contributed by atoms with Crippen LogP contribution >= 0.6 is 0 Å². The Kier molecular flexibility index (Phi) is 1.58. The minimum atomic E-state index is 0.0558. The lowest BCUT2D eigenvalue weighted by Gasteiger charge is -2.47. The highest BCUT2D eigenvalue weighted by Crippen LogP contribution is 2.21. The van der Waals surface area contributed by atoms with Gasteiger partial charge in [0.1, 0.15) is 0 Å². The van der Waals surface area contributed by atoms with Crippen molar-refractivity contribution in [1.29, 1.82) is 0 Å². The van der Waals surface area contributed by atoms with E-state index >= 15 is 0 Å². The van der Waals surface area contributed by atoms with E-state index in [0.29, 0.717) is 12.6 Å². The molecule has 4 heteroatoms. The molecule has 4 nitrogen and oxygen atoms in total. The van der Waals surface area contributed by atoms with Gasteiger partial charge in [0.15, 0.2) is 0 Å². The first-order chi connectivity index (χ1) is 5.31. The van der Waals surface area contributed by atoms with Crippen LogP contribution in [0.3, 0.4) is 0 Å². The van der Waals surface area contributed by atoms with Gasteiger partial charge in [-0.2, -0.15) is 0 Å². The number of aliphatic hydroxyl groups excluding tert-OH is 1. The summed E-state index contributed by atoms with van der Waals surface area (Å²) in [4.78, 5) is 13.0. The molecule has 2 N–H and O–H groups in total. The molecule has 11 heavy (non-hydrogen) atoms. The van der Waals surface area contributed by atoms with Crippen molar-refractivity contribution in [3.05, 3.63) is 0 Å². The van der Waals surface area contributed by atoms with E-state index in [9.17, 15) is 4.79 Å². The molecule has 3 fully saturated rings. The predicted octanol–water partition coefficient (Wildman–Crippen LogP) is -1.45. The summed E-state index contributed by atoms with van der Waals surface area (Å²) in [5.74, 6) is 0.154. The SMILES string of the molecule is O=C1C2CC(CN1CCO)N2. The first kappa shape index (κ1) is 7.06. The van der Waals surface area contributed by atoms with Crippen LogP contribution in [0, 0.1) is 0 Å². The molecule has 1 amide bonds. The van der Waals surface area contributed by atoms with Gasteiger partial charge in [0, 0.05) is 19.1 Å². The van der Waals surface area contributed by atoms with E-state index in [-0.39, 0.29) is 18.6 Å². The summed E-state index contributed by atoms with van der Waals surface area (Å²) in [6.45, 7) is 1.34. The Bertz CT molecular complexity index is 177. The first-order valence-corrected chi connectivity index (χ1v) is 3.97. The monoisotopic (exact) mass is 156 g/mol. The maximum absolute atomic E-state index is 11.3. The van der Waals surface area contributed by atoms with E-state index in [1.54, 1.807) is 4.90 Å². The van der Waals surface area contributed by atoms with E-state index in [0.717, 1.165) is 13.0 Å². The molecule has 2 bridgehead atoms. The predicted molar refractivity (Wildman–Crippen MR) is 39.0 cm³/mol. The fourth-order valence-corrected chi connectivity index (χ4v) is 1.74. The number of carbonyl (C=O) groups is 1. The van der Waals surface area contributed by atoms with Crippen LogP contribution in [0.15, 0.2) is 0 Å². The number of hydrogen-bond acceptors (Lipinski definition) is 3. The smallest absolute Gasteiger partial charge is 0.239 e. The molecule has 3 aliphatic rings. The van der Waals surface area contributed by atoms with Crippen molar-refractivity contribution in [1.82, 2.24) is 10.2 Å². The fraction of sp³-hybridized carbons (Fsp3) is 0.857. The molecule has 3 heterocycles. The molecule has 0 aromatic rings. The summed E-state index contributed by atoms with van der Waals surface area (Å²) in [7, 11) is 0. The standard InChI is InChI=1S/C7H12N2O2/c10-2-1-9-4-5-3-6(8-5)7(9)11/h5-6,8,10H,1-4H2. The normalized spacial score (nSPS) is 35.4. The molecule has 3 rings (SSSR count). The Labute approximate surface area is 65.2 Å². The van der Waals surface area contributed by atoms with Gasteiger partial charge in [-0.05, 0) is 6.42 Å². The number of nitrogens with zero attached hydrogens (tertiary/aromatic N) is 1. The number of nitrogens with one attached hydrogen (secondary N) is 1. The molecule has 0 aliphatic carbocycles. The Balaban J connectivity index is 1.96. The van der Waals surface area contributed by atoms with Gasteiger partial charge in [0.25, 0.3) is 0 Å². The summed E-state index contributed by atoms with van der Waals surface area (Å²) in [6, 6.07) is 0.546. The second kappa shape index (κ2) is 2.46. The number of amides is 1. The summed E-state index contributed by atoms with van der Waals surface area (Å²) < 4.78 is 0. The van der Waals surface area contributed by atoms with Crippen LogP contribution in [0.5, 0.6) is 0 Å². The van der Waals surface area contributed by atoms with Crippen LogP contribution in [0.4, 0.5) is 0 Å². The van der Waals surface area contributed by atoms with Crippen LogP contribution < -0.4 is 5.32 Å². The highest BCUT2D eigenvalue weighted by molar-refractivity contribution is 5.84. The van der Waals surface area contributed by atoms with E-state index in [1.807, 2.05) is 0 Å². The zero-order valence-electron chi connectivity index (χ0n) is 6.29.